The van der Waals surface area contributed by atoms with Crippen LogP contribution in [0.15, 0.2) is 42.5 Å². The zero-order chi connectivity index (χ0) is 29.2. The molecule has 1 aliphatic heterocycles. The molecule has 0 unspecified atom stereocenters. The van der Waals surface area contributed by atoms with Crippen molar-refractivity contribution in [2.45, 2.75) is 56.2 Å². The molecular formula is C28H30F7NO4. The number of aliphatic carboxylic acids is 1. The molecule has 4 atom stereocenters. The highest BCUT2D eigenvalue weighted by atomic mass is 19.4. The Bertz CT molecular complexity index is 1130. The molecule has 2 aromatic rings. The van der Waals surface area contributed by atoms with Crippen molar-refractivity contribution in [3.8, 4) is 0 Å². The fourth-order valence-corrected chi connectivity index (χ4v) is 5.87. The van der Waals surface area contributed by atoms with Crippen LogP contribution in [0.5, 0.6) is 0 Å². The van der Waals surface area contributed by atoms with Crippen LogP contribution < -0.4 is 0 Å². The van der Waals surface area contributed by atoms with Crippen molar-refractivity contribution in [1.82, 2.24) is 4.90 Å². The van der Waals surface area contributed by atoms with Gasteiger partial charge in [-0.25, -0.2) is 4.39 Å². The molecular weight excluding hydrogens is 547 g/mol. The summed E-state index contributed by atoms with van der Waals surface area (Å²) in [7, 11) is 0. The average molecular weight is 578 g/mol. The third-order valence-corrected chi connectivity index (χ3v) is 7.90. The van der Waals surface area contributed by atoms with Crippen molar-refractivity contribution in [2.24, 2.45) is 11.8 Å². The third kappa shape index (κ3) is 7.13. The van der Waals surface area contributed by atoms with E-state index in [0.717, 1.165) is 0 Å². The number of carboxylic acid groups (broad SMARTS) is 1. The summed E-state index contributed by atoms with van der Waals surface area (Å²) in [6, 6.07) is 6.83. The maximum absolute atomic E-state index is 13.7. The number of piperidine rings is 1. The maximum Gasteiger partial charge on any atom is 0.416 e. The second-order valence-corrected chi connectivity index (χ2v) is 10.5. The van der Waals surface area contributed by atoms with E-state index in [1.807, 2.05) is 0 Å². The molecule has 12 heteroatoms. The highest BCUT2D eigenvalue weighted by Crippen LogP contribution is 2.45. The lowest BCUT2D eigenvalue weighted by atomic mass is 9.86. The summed E-state index contributed by atoms with van der Waals surface area (Å²) in [5.74, 6) is -2.15. The number of ether oxygens (including phenoxy) is 1. The fourth-order valence-electron chi connectivity index (χ4n) is 5.87. The molecule has 4 rings (SSSR count). The van der Waals surface area contributed by atoms with Crippen LogP contribution in [0, 0.1) is 17.7 Å². The van der Waals surface area contributed by atoms with Gasteiger partial charge in [0.2, 0.25) is 0 Å². The zero-order valence-corrected chi connectivity index (χ0v) is 21.4. The Morgan fingerprint density at radius 3 is 2.00 bits per heavy atom. The van der Waals surface area contributed by atoms with E-state index in [-0.39, 0.29) is 17.9 Å². The smallest absolute Gasteiger partial charge is 0.416 e. The normalized spacial score (nSPS) is 23.9. The van der Waals surface area contributed by atoms with E-state index < -0.39 is 65.6 Å². The highest BCUT2D eigenvalue weighted by Gasteiger charge is 2.42. The number of carbonyl (C=O) groups is 1. The molecule has 1 saturated carbocycles. The Kier molecular flexibility index (Phi) is 9.11. The summed E-state index contributed by atoms with van der Waals surface area (Å²) in [6.07, 6.45) is -10.2. The molecule has 2 N–H and O–H groups in total. The molecule has 2 aliphatic rings. The minimum atomic E-state index is -5.04. The summed E-state index contributed by atoms with van der Waals surface area (Å²) >= 11 is 0. The van der Waals surface area contributed by atoms with Gasteiger partial charge in [0.1, 0.15) is 11.9 Å². The number of alkyl halides is 6. The largest absolute Gasteiger partial charge is 0.481 e. The molecule has 5 nitrogen and oxygen atoms in total. The van der Waals surface area contributed by atoms with Gasteiger partial charge in [-0.1, -0.05) is 12.1 Å². The molecule has 1 aliphatic carbocycles. The number of benzene rings is 2. The molecule has 1 saturated heterocycles. The minimum absolute atomic E-state index is 0.0262. The molecule has 0 radical (unpaired) electrons. The first-order chi connectivity index (χ1) is 18.8. The van der Waals surface area contributed by atoms with E-state index in [4.69, 9.17) is 4.74 Å². The Morgan fingerprint density at radius 2 is 1.50 bits per heavy atom. The van der Waals surface area contributed by atoms with Gasteiger partial charge in [0, 0.05) is 12.5 Å². The van der Waals surface area contributed by atoms with E-state index in [2.05, 4.69) is 4.90 Å². The molecule has 40 heavy (non-hydrogen) atoms. The summed E-state index contributed by atoms with van der Waals surface area (Å²) < 4.78 is 100. The summed E-state index contributed by atoms with van der Waals surface area (Å²) in [4.78, 5) is 13.4. The van der Waals surface area contributed by atoms with Crippen LogP contribution in [0.2, 0.25) is 0 Å². The lowest BCUT2D eigenvalue weighted by Crippen LogP contribution is -2.40. The molecule has 0 spiro atoms. The number of halogens is 7. The van der Waals surface area contributed by atoms with Gasteiger partial charge in [0.25, 0.3) is 0 Å². The first kappa shape index (κ1) is 30.3. The summed E-state index contributed by atoms with van der Waals surface area (Å²) in [5, 5.41) is 19.3. The van der Waals surface area contributed by atoms with Gasteiger partial charge in [-0.3, -0.25) is 4.79 Å². The second kappa shape index (κ2) is 12.0. The van der Waals surface area contributed by atoms with E-state index >= 15 is 0 Å². The van der Waals surface area contributed by atoms with Crippen molar-refractivity contribution < 1.29 is 50.5 Å². The fraction of sp³-hybridized carbons (Fsp3) is 0.536. The number of aliphatic hydroxyl groups is 1. The van der Waals surface area contributed by atoms with Gasteiger partial charge >= 0.3 is 18.3 Å². The SMILES string of the molecule is O=C(O)C1CCN(C[C@@H]2CC[C@H](O[C@@H](CO)c3cc(C(F)(F)F)cc(C(F)(F)F)c3)[C@H]2c2ccc(F)cc2)CC1. The van der Waals surface area contributed by atoms with Crippen LogP contribution in [0.1, 0.15) is 60.0 Å². The van der Waals surface area contributed by atoms with Gasteiger partial charge < -0.3 is 19.8 Å². The van der Waals surface area contributed by atoms with Crippen LogP contribution in [-0.2, 0) is 21.9 Å². The molecule has 0 bridgehead atoms. The number of aliphatic hydroxyl groups excluding tert-OH is 1. The van der Waals surface area contributed by atoms with Gasteiger partial charge in [0.05, 0.1) is 29.8 Å². The summed E-state index contributed by atoms with van der Waals surface area (Å²) in [5.41, 5.74) is -2.74. The Morgan fingerprint density at radius 1 is 0.925 bits per heavy atom. The maximum atomic E-state index is 13.7. The Hall–Kier alpha value is -2.70. The van der Waals surface area contributed by atoms with Crippen LogP contribution in [-0.4, -0.2) is 53.4 Å². The molecule has 220 valence electrons. The minimum Gasteiger partial charge on any atom is -0.481 e. The second-order valence-electron chi connectivity index (χ2n) is 10.5. The van der Waals surface area contributed by atoms with Crippen LogP contribution in [0.4, 0.5) is 30.7 Å². The van der Waals surface area contributed by atoms with E-state index in [9.17, 15) is 45.7 Å². The number of nitrogens with zero attached hydrogens (tertiary/aromatic N) is 1. The van der Waals surface area contributed by atoms with Crippen molar-refractivity contribution in [2.75, 3.05) is 26.2 Å². The van der Waals surface area contributed by atoms with Gasteiger partial charge in [-0.05, 0) is 86.1 Å². The van der Waals surface area contributed by atoms with Gasteiger partial charge in [-0.15, -0.1) is 0 Å². The zero-order valence-electron chi connectivity index (χ0n) is 21.4. The molecule has 1 heterocycles. The predicted octanol–water partition coefficient (Wildman–Crippen LogP) is 6.27. The Labute approximate surface area is 226 Å². The van der Waals surface area contributed by atoms with E-state index in [1.165, 1.54) is 12.1 Å². The number of hydrogen-bond donors (Lipinski definition) is 2. The van der Waals surface area contributed by atoms with Gasteiger partial charge in [-0.2, -0.15) is 26.3 Å². The van der Waals surface area contributed by atoms with Crippen molar-refractivity contribution in [3.05, 3.63) is 70.5 Å². The molecule has 0 aromatic heterocycles. The van der Waals surface area contributed by atoms with Crippen molar-refractivity contribution >= 4 is 5.97 Å². The number of hydrogen-bond acceptors (Lipinski definition) is 4. The van der Waals surface area contributed by atoms with E-state index in [1.54, 1.807) is 12.1 Å². The Balaban J connectivity index is 1.59. The number of carboxylic acids is 1. The van der Waals surface area contributed by atoms with Crippen LogP contribution in [0.3, 0.4) is 0 Å². The average Bonchev–Trinajstić information content (AvgIpc) is 3.28. The quantitative estimate of drug-likeness (QED) is 0.362. The molecule has 2 fully saturated rings. The van der Waals surface area contributed by atoms with E-state index in [0.29, 0.717) is 63.0 Å². The van der Waals surface area contributed by atoms with Crippen LogP contribution >= 0.6 is 0 Å². The topological polar surface area (TPSA) is 70.0 Å². The predicted molar refractivity (Wildman–Crippen MR) is 130 cm³/mol. The molecule has 0 amide bonds. The first-order valence-corrected chi connectivity index (χ1v) is 13.0. The van der Waals surface area contributed by atoms with Crippen LogP contribution in [0.25, 0.3) is 0 Å². The first-order valence-electron chi connectivity index (χ1n) is 13.0. The van der Waals surface area contributed by atoms with Crippen molar-refractivity contribution in [1.29, 1.82) is 0 Å². The standard InChI is InChI=1S/C28H30F7NO4/c29-22-4-1-16(2-5-22)25-18(14-36-9-7-17(8-10-36)26(38)39)3-6-23(25)40-24(15-37)19-11-20(27(30,31)32)13-21(12-19)28(33,34)35/h1-2,4-5,11-13,17-18,23-25,37H,3,6-10,14-15H2,(H,38,39)/t18-,23-,24-,25-/m0/s1. The lowest BCUT2D eigenvalue weighted by Gasteiger charge is -2.35. The third-order valence-electron chi connectivity index (χ3n) is 7.90. The highest BCUT2D eigenvalue weighted by molar-refractivity contribution is 5.70. The number of rotatable bonds is 8. The van der Waals surface area contributed by atoms with Gasteiger partial charge in [0.15, 0.2) is 0 Å². The van der Waals surface area contributed by atoms with Crippen molar-refractivity contribution in [3.63, 3.8) is 0 Å². The lowest BCUT2D eigenvalue weighted by molar-refractivity contribution is -0.144. The number of likely N-dealkylation sites (tertiary alicyclic amines) is 1. The molecule has 2 aromatic carbocycles. The summed E-state index contributed by atoms with van der Waals surface area (Å²) in [6.45, 7) is 0.857. The monoisotopic (exact) mass is 577 g/mol.